The van der Waals surface area contributed by atoms with Gasteiger partial charge in [-0.05, 0) is 37.6 Å². The lowest BCUT2D eigenvalue weighted by atomic mass is 10.0. The Morgan fingerprint density at radius 2 is 1.86 bits per heavy atom. The molecule has 1 aliphatic rings. The molecule has 0 bridgehead atoms. The van der Waals surface area contributed by atoms with E-state index >= 15 is 0 Å². The first-order valence-electron chi connectivity index (χ1n) is 12.9. The minimum absolute atomic E-state index is 0.0305. The van der Waals surface area contributed by atoms with Gasteiger partial charge in [-0.1, -0.05) is 12.1 Å². The highest BCUT2D eigenvalue weighted by Crippen LogP contribution is 2.37. The number of nitrogens with zero attached hydrogens (tertiary/aromatic N) is 3. The quantitative estimate of drug-likeness (QED) is 0.230. The second-order valence-corrected chi connectivity index (χ2v) is 11.4. The van der Waals surface area contributed by atoms with Gasteiger partial charge in [-0.3, -0.25) is 4.98 Å². The molecule has 1 fully saturated rings. The molecule has 13 nitrogen and oxygen atoms in total. The summed E-state index contributed by atoms with van der Waals surface area (Å²) < 4.78 is 51.0. The third kappa shape index (κ3) is 6.05. The van der Waals surface area contributed by atoms with Crippen LogP contribution in [-0.2, 0) is 14.8 Å². The Balaban J connectivity index is 1.66. The van der Waals surface area contributed by atoms with Gasteiger partial charge in [0.05, 0.1) is 61.9 Å². The summed E-state index contributed by atoms with van der Waals surface area (Å²) in [5.41, 5.74) is 2.18. The number of fused-ring (bicyclic) bond motifs is 1. The second kappa shape index (κ2) is 11.8. The third-order valence-electron chi connectivity index (χ3n) is 6.30. The highest BCUT2D eigenvalue weighted by molar-refractivity contribution is 7.89. The largest absolute Gasteiger partial charge is 0.491 e. The predicted octanol–water partition coefficient (Wildman–Crippen LogP) is 3.62. The molecule has 5 rings (SSSR count). The molecule has 0 unspecified atom stereocenters. The highest BCUT2D eigenvalue weighted by Gasteiger charge is 2.29. The van der Waals surface area contributed by atoms with Crippen molar-refractivity contribution in [1.82, 2.24) is 19.7 Å². The Morgan fingerprint density at radius 3 is 2.50 bits per heavy atom. The number of pyridine rings is 1. The van der Waals surface area contributed by atoms with Crippen LogP contribution in [0, 0.1) is 0 Å². The molecule has 0 amide bonds. The van der Waals surface area contributed by atoms with Gasteiger partial charge in [0.1, 0.15) is 10.6 Å². The first-order valence-corrected chi connectivity index (χ1v) is 14.4. The van der Waals surface area contributed by atoms with Crippen LogP contribution in [0.1, 0.15) is 24.2 Å². The van der Waals surface area contributed by atoms with Gasteiger partial charge in [0.2, 0.25) is 15.9 Å². The average molecular weight is 596 g/mol. The second-order valence-electron chi connectivity index (χ2n) is 9.71. The SMILES string of the molecule is COc1ncc(-c2ccc3c(Nc4cc(OC(C)C)cc(C(=O)O)c4)c(S(=O)(=O)NC4COC4)cnc3c2)c(OC)n1. The number of carboxylic acids is 1. The fourth-order valence-corrected chi connectivity index (χ4v) is 5.67. The van der Waals surface area contributed by atoms with Gasteiger partial charge in [-0.25, -0.2) is 22.9 Å². The van der Waals surface area contributed by atoms with Crippen molar-refractivity contribution in [2.24, 2.45) is 0 Å². The summed E-state index contributed by atoms with van der Waals surface area (Å²) in [6.07, 6.45) is 2.60. The van der Waals surface area contributed by atoms with Crippen molar-refractivity contribution in [3.8, 4) is 28.8 Å². The number of rotatable bonds is 11. The zero-order chi connectivity index (χ0) is 30.0. The van der Waals surface area contributed by atoms with Crippen LogP contribution in [0.5, 0.6) is 17.6 Å². The van der Waals surface area contributed by atoms with Crippen molar-refractivity contribution < 1.29 is 37.3 Å². The Labute approximate surface area is 241 Å². The van der Waals surface area contributed by atoms with E-state index in [0.29, 0.717) is 33.5 Å². The molecule has 0 atom stereocenters. The van der Waals surface area contributed by atoms with E-state index in [1.807, 2.05) is 13.8 Å². The zero-order valence-corrected chi connectivity index (χ0v) is 24.1. The van der Waals surface area contributed by atoms with Gasteiger partial charge in [0.15, 0.2) is 0 Å². The van der Waals surface area contributed by atoms with Crippen LogP contribution in [0.2, 0.25) is 0 Å². The maximum Gasteiger partial charge on any atom is 0.335 e. The Bertz CT molecular complexity index is 1760. The van der Waals surface area contributed by atoms with Gasteiger partial charge >= 0.3 is 12.0 Å². The maximum absolute atomic E-state index is 13.5. The average Bonchev–Trinajstić information content (AvgIpc) is 2.94. The minimum atomic E-state index is -4.06. The smallest absolute Gasteiger partial charge is 0.335 e. The van der Waals surface area contributed by atoms with E-state index in [4.69, 9.17) is 18.9 Å². The molecule has 1 aliphatic heterocycles. The normalized spacial score (nSPS) is 13.5. The summed E-state index contributed by atoms with van der Waals surface area (Å²) in [5, 5.41) is 13.3. The number of benzene rings is 2. The molecule has 4 aromatic rings. The molecule has 0 spiro atoms. The molecule has 0 aliphatic carbocycles. The van der Waals surface area contributed by atoms with E-state index in [9.17, 15) is 18.3 Å². The number of hydrogen-bond acceptors (Lipinski definition) is 11. The molecule has 14 heteroatoms. The van der Waals surface area contributed by atoms with Crippen LogP contribution < -0.4 is 24.2 Å². The first-order chi connectivity index (χ1) is 20.1. The van der Waals surface area contributed by atoms with Crippen LogP contribution in [0.3, 0.4) is 0 Å². The summed E-state index contributed by atoms with van der Waals surface area (Å²) in [4.78, 5) is 24.6. The summed E-state index contributed by atoms with van der Waals surface area (Å²) in [7, 11) is -1.13. The number of methoxy groups -OCH3 is 2. The van der Waals surface area contributed by atoms with Gasteiger partial charge in [0, 0.05) is 29.5 Å². The van der Waals surface area contributed by atoms with Crippen LogP contribution in [0.4, 0.5) is 11.4 Å². The summed E-state index contributed by atoms with van der Waals surface area (Å²) in [6, 6.07) is 9.41. The summed E-state index contributed by atoms with van der Waals surface area (Å²) in [5.74, 6) is -0.561. The number of nitrogens with one attached hydrogen (secondary N) is 2. The van der Waals surface area contributed by atoms with Gasteiger partial charge < -0.3 is 29.4 Å². The number of carboxylic acid groups (broad SMARTS) is 1. The van der Waals surface area contributed by atoms with Crippen LogP contribution in [-0.4, -0.2) is 74.0 Å². The molecule has 0 radical (unpaired) electrons. The van der Waals surface area contributed by atoms with Crippen LogP contribution >= 0.6 is 0 Å². The highest BCUT2D eigenvalue weighted by atomic mass is 32.2. The van der Waals surface area contributed by atoms with E-state index in [1.165, 1.54) is 32.5 Å². The first kappa shape index (κ1) is 29.0. The molecule has 0 saturated carbocycles. The Kier molecular flexibility index (Phi) is 8.11. The summed E-state index contributed by atoms with van der Waals surface area (Å²) >= 11 is 0. The van der Waals surface area contributed by atoms with Gasteiger partial charge in [-0.2, -0.15) is 4.98 Å². The lowest BCUT2D eigenvalue weighted by Crippen LogP contribution is -2.48. The zero-order valence-electron chi connectivity index (χ0n) is 23.2. The Morgan fingerprint density at radius 1 is 1.07 bits per heavy atom. The van der Waals surface area contributed by atoms with Crippen molar-refractivity contribution in [3.05, 3.63) is 54.4 Å². The predicted molar refractivity (Wildman–Crippen MR) is 153 cm³/mol. The number of ether oxygens (including phenoxy) is 4. The standard InChI is InChI=1S/C28H29N5O8S/c1-15(2)41-20-8-17(27(34)35)7-18(10-20)31-25-21-6-5-16(22-11-30-28(39-4)32-26(22)38-3)9-23(21)29-12-24(25)42(36,37)33-19-13-40-14-19/h5-12,15,19,33H,13-14H2,1-4H3,(H,29,31)(H,34,35). The van der Waals surface area contributed by atoms with E-state index in [1.54, 1.807) is 30.5 Å². The number of aromatic nitrogens is 3. The lowest BCUT2D eigenvalue weighted by Gasteiger charge is -2.27. The van der Waals surface area contributed by atoms with Crippen molar-refractivity contribution >= 4 is 38.3 Å². The fourth-order valence-electron chi connectivity index (χ4n) is 4.34. The molecule has 1 saturated heterocycles. The van der Waals surface area contributed by atoms with Gasteiger partial charge in [-0.15, -0.1) is 0 Å². The molecule has 2 aromatic carbocycles. The molecule has 3 heterocycles. The number of aromatic carboxylic acids is 1. The minimum Gasteiger partial charge on any atom is -0.491 e. The topological polar surface area (TPSA) is 171 Å². The van der Waals surface area contributed by atoms with Crippen LogP contribution in [0.15, 0.2) is 53.7 Å². The van der Waals surface area contributed by atoms with Gasteiger partial charge in [0.25, 0.3) is 0 Å². The van der Waals surface area contributed by atoms with Crippen molar-refractivity contribution in [2.45, 2.75) is 30.9 Å². The number of anilines is 2. The molecular formula is C28H29N5O8S. The lowest BCUT2D eigenvalue weighted by molar-refractivity contribution is 0.00482. The van der Waals surface area contributed by atoms with E-state index < -0.39 is 16.0 Å². The fraction of sp³-hybridized carbons (Fsp3) is 0.286. The van der Waals surface area contributed by atoms with E-state index in [-0.39, 0.29) is 53.4 Å². The van der Waals surface area contributed by atoms with E-state index in [0.717, 1.165) is 0 Å². The molecule has 42 heavy (non-hydrogen) atoms. The van der Waals surface area contributed by atoms with E-state index in [2.05, 4.69) is 25.0 Å². The monoisotopic (exact) mass is 595 g/mol. The van der Waals surface area contributed by atoms with Crippen molar-refractivity contribution in [1.29, 1.82) is 0 Å². The number of sulfonamides is 1. The molecule has 220 valence electrons. The third-order valence-corrected chi connectivity index (χ3v) is 7.83. The van der Waals surface area contributed by atoms with Crippen LogP contribution in [0.25, 0.3) is 22.0 Å². The molecule has 2 aromatic heterocycles. The van der Waals surface area contributed by atoms with Crippen molar-refractivity contribution in [2.75, 3.05) is 32.8 Å². The number of hydrogen-bond donors (Lipinski definition) is 3. The maximum atomic E-state index is 13.5. The number of carbonyl (C=O) groups is 1. The van der Waals surface area contributed by atoms with Crippen molar-refractivity contribution in [3.63, 3.8) is 0 Å². The molecular weight excluding hydrogens is 566 g/mol. The summed E-state index contributed by atoms with van der Waals surface area (Å²) in [6.45, 7) is 4.15. The molecule has 3 N–H and O–H groups in total. The Hall–Kier alpha value is -4.53.